The number of aliphatic carboxylic acids is 1. The van der Waals surface area contributed by atoms with Crippen LogP contribution in [0, 0.1) is 6.92 Å². The third-order valence-corrected chi connectivity index (χ3v) is 2.92. The van der Waals surface area contributed by atoms with Crippen molar-refractivity contribution in [3.05, 3.63) is 47.7 Å². The maximum Gasteiger partial charge on any atom is 0.326 e. The highest BCUT2D eigenvalue weighted by Crippen LogP contribution is 2.13. The van der Waals surface area contributed by atoms with Gasteiger partial charge in [-0.05, 0) is 12.5 Å². The van der Waals surface area contributed by atoms with E-state index >= 15 is 0 Å². The van der Waals surface area contributed by atoms with E-state index in [-0.39, 0.29) is 5.95 Å². The Morgan fingerprint density at radius 1 is 1.33 bits per heavy atom. The second-order valence-electron chi connectivity index (χ2n) is 4.60. The summed E-state index contributed by atoms with van der Waals surface area (Å²) in [6.07, 6.45) is 0.343. The molecule has 110 valence electrons. The lowest BCUT2D eigenvalue weighted by molar-refractivity contribution is -0.137. The zero-order valence-electron chi connectivity index (χ0n) is 11.9. The van der Waals surface area contributed by atoms with Gasteiger partial charge in [0.25, 0.3) is 0 Å². The third-order valence-electron chi connectivity index (χ3n) is 2.92. The largest absolute Gasteiger partial charge is 0.481 e. The van der Waals surface area contributed by atoms with Crippen LogP contribution in [0.25, 0.3) is 0 Å². The van der Waals surface area contributed by atoms with Crippen LogP contribution in [0.2, 0.25) is 0 Å². The standard InChI is InChI=1S/C15H17N3O3/c1-10-8-13(21-2)18-15(16-10)17-12(14(19)20)9-11-6-4-3-5-7-11/h3-8,12H,9H2,1-2H3,(H,19,20)(H,16,17,18)/t12-/m0/s1. The maximum atomic E-state index is 11.4. The van der Waals surface area contributed by atoms with E-state index in [2.05, 4.69) is 15.3 Å². The third kappa shape index (κ3) is 4.17. The second-order valence-corrected chi connectivity index (χ2v) is 4.60. The van der Waals surface area contributed by atoms with Gasteiger partial charge in [-0.25, -0.2) is 9.78 Å². The second kappa shape index (κ2) is 6.69. The monoisotopic (exact) mass is 287 g/mol. The molecule has 0 saturated heterocycles. The fourth-order valence-electron chi connectivity index (χ4n) is 1.91. The summed E-state index contributed by atoms with van der Waals surface area (Å²) < 4.78 is 5.06. The first kappa shape index (κ1) is 14.8. The topological polar surface area (TPSA) is 84.3 Å². The number of nitrogens with zero attached hydrogens (tertiary/aromatic N) is 2. The smallest absolute Gasteiger partial charge is 0.326 e. The number of hydrogen-bond acceptors (Lipinski definition) is 5. The van der Waals surface area contributed by atoms with E-state index in [4.69, 9.17) is 4.74 Å². The van der Waals surface area contributed by atoms with Gasteiger partial charge in [0.15, 0.2) is 0 Å². The molecule has 0 amide bonds. The highest BCUT2D eigenvalue weighted by Gasteiger charge is 2.19. The predicted octanol–water partition coefficient (Wildman–Crippen LogP) is 1.90. The highest BCUT2D eigenvalue weighted by atomic mass is 16.5. The Labute approximate surface area is 122 Å². The van der Waals surface area contributed by atoms with E-state index in [0.29, 0.717) is 18.0 Å². The number of carboxylic acid groups (broad SMARTS) is 1. The summed E-state index contributed by atoms with van der Waals surface area (Å²) in [5.74, 6) is -0.313. The summed E-state index contributed by atoms with van der Waals surface area (Å²) in [6.45, 7) is 1.79. The number of aryl methyl sites for hydroxylation is 1. The van der Waals surface area contributed by atoms with Crippen LogP contribution in [0.15, 0.2) is 36.4 Å². The predicted molar refractivity (Wildman–Crippen MR) is 78.5 cm³/mol. The van der Waals surface area contributed by atoms with Gasteiger partial charge >= 0.3 is 5.97 Å². The van der Waals surface area contributed by atoms with E-state index in [1.54, 1.807) is 13.0 Å². The molecule has 21 heavy (non-hydrogen) atoms. The number of anilines is 1. The normalized spacial score (nSPS) is 11.7. The van der Waals surface area contributed by atoms with Crippen LogP contribution in [-0.4, -0.2) is 34.2 Å². The molecule has 0 aliphatic carbocycles. The average Bonchev–Trinajstić information content (AvgIpc) is 2.47. The number of benzene rings is 1. The molecule has 6 heteroatoms. The van der Waals surface area contributed by atoms with Gasteiger partial charge in [0.05, 0.1) is 7.11 Å². The van der Waals surface area contributed by atoms with Crippen molar-refractivity contribution in [1.82, 2.24) is 9.97 Å². The summed E-state index contributed by atoms with van der Waals surface area (Å²) in [5, 5.41) is 12.2. The number of carbonyl (C=O) groups is 1. The van der Waals surface area contributed by atoms with Crippen molar-refractivity contribution in [3.8, 4) is 5.88 Å². The van der Waals surface area contributed by atoms with Gasteiger partial charge < -0.3 is 15.2 Å². The highest BCUT2D eigenvalue weighted by molar-refractivity contribution is 5.77. The Bertz CT molecular complexity index is 617. The van der Waals surface area contributed by atoms with E-state index in [1.807, 2.05) is 30.3 Å². The molecule has 0 spiro atoms. The number of ether oxygens (including phenoxy) is 1. The Morgan fingerprint density at radius 3 is 2.67 bits per heavy atom. The molecule has 0 bridgehead atoms. The van der Waals surface area contributed by atoms with Crippen molar-refractivity contribution < 1.29 is 14.6 Å². The lowest BCUT2D eigenvalue weighted by atomic mass is 10.1. The molecule has 6 nitrogen and oxygen atoms in total. The van der Waals surface area contributed by atoms with Gasteiger partial charge in [0.2, 0.25) is 11.8 Å². The number of nitrogens with one attached hydrogen (secondary N) is 1. The number of hydrogen-bond donors (Lipinski definition) is 2. The molecule has 0 aliphatic heterocycles. The van der Waals surface area contributed by atoms with Crippen LogP contribution in [0.5, 0.6) is 5.88 Å². The van der Waals surface area contributed by atoms with Crippen molar-refractivity contribution in [3.63, 3.8) is 0 Å². The van der Waals surface area contributed by atoms with Gasteiger partial charge in [-0.2, -0.15) is 4.98 Å². The Hall–Kier alpha value is -2.63. The van der Waals surface area contributed by atoms with Crippen LogP contribution in [0.4, 0.5) is 5.95 Å². The van der Waals surface area contributed by atoms with Crippen LogP contribution >= 0.6 is 0 Å². The zero-order valence-corrected chi connectivity index (χ0v) is 11.9. The molecule has 2 N–H and O–H groups in total. The molecule has 0 fully saturated rings. The van der Waals surface area contributed by atoms with Gasteiger partial charge in [0, 0.05) is 18.2 Å². The van der Waals surface area contributed by atoms with Crippen molar-refractivity contribution >= 4 is 11.9 Å². The Kier molecular flexibility index (Phi) is 4.71. The Morgan fingerprint density at radius 2 is 2.05 bits per heavy atom. The molecule has 0 unspecified atom stereocenters. The fraction of sp³-hybridized carbons (Fsp3) is 0.267. The fourth-order valence-corrected chi connectivity index (χ4v) is 1.91. The summed E-state index contributed by atoms with van der Waals surface area (Å²) in [6, 6.07) is 10.3. The minimum atomic E-state index is -0.956. The van der Waals surface area contributed by atoms with Crippen molar-refractivity contribution in [1.29, 1.82) is 0 Å². The van der Waals surface area contributed by atoms with E-state index in [9.17, 15) is 9.90 Å². The molecule has 0 saturated carbocycles. The molecule has 0 radical (unpaired) electrons. The van der Waals surface area contributed by atoms with Crippen LogP contribution < -0.4 is 10.1 Å². The SMILES string of the molecule is COc1cc(C)nc(N[C@@H](Cc2ccccc2)C(=O)O)n1. The lowest BCUT2D eigenvalue weighted by Gasteiger charge is -2.15. The van der Waals surface area contributed by atoms with Crippen LogP contribution in [0.1, 0.15) is 11.3 Å². The lowest BCUT2D eigenvalue weighted by Crippen LogP contribution is -2.32. The first-order valence-electron chi connectivity index (χ1n) is 6.51. The summed E-state index contributed by atoms with van der Waals surface area (Å²) in [7, 11) is 1.50. The van der Waals surface area contributed by atoms with Crippen molar-refractivity contribution in [2.75, 3.05) is 12.4 Å². The van der Waals surface area contributed by atoms with Gasteiger partial charge in [-0.3, -0.25) is 0 Å². The first-order chi connectivity index (χ1) is 10.1. The van der Waals surface area contributed by atoms with E-state index in [0.717, 1.165) is 5.56 Å². The number of carboxylic acids is 1. The molecular formula is C15H17N3O3. The summed E-state index contributed by atoms with van der Waals surface area (Å²) in [4.78, 5) is 19.7. The maximum absolute atomic E-state index is 11.4. The average molecular weight is 287 g/mol. The molecule has 2 rings (SSSR count). The quantitative estimate of drug-likeness (QED) is 0.844. The number of aromatic nitrogens is 2. The molecular weight excluding hydrogens is 270 g/mol. The minimum Gasteiger partial charge on any atom is -0.481 e. The number of rotatable bonds is 6. The van der Waals surface area contributed by atoms with Gasteiger partial charge in [-0.15, -0.1) is 0 Å². The molecule has 1 atom stereocenters. The summed E-state index contributed by atoms with van der Waals surface area (Å²) >= 11 is 0. The minimum absolute atomic E-state index is 0.246. The molecule has 2 aromatic rings. The molecule has 0 aliphatic rings. The Balaban J connectivity index is 2.16. The molecule has 1 heterocycles. The number of methoxy groups -OCH3 is 1. The van der Waals surface area contributed by atoms with Crippen molar-refractivity contribution in [2.24, 2.45) is 0 Å². The van der Waals surface area contributed by atoms with Crippen LogP contribution in [-0.2, 0) is 11.2 Å². The van der Waals surface area contributed by atoms with Crippen LogP contribution in [0.3, 0.4) is 0 Å². The molecule has 1 aromatic heterocycles. The zero-order chi connectivity index (χ0) is 15.2. The van der Waals surface area contributed by atoms with E-state index < -0.39 is 12.0 Å². The van der Waals surface area contributed by atoms with Crippen molar-refractivity contribution in [2.45, 2.75) is 19.4 Å². The first-order valence-corrected chi connectivity index (χ1v) is 6.51. The van der Waals surface area contributed by atoms with Gasteiger partial charge in [0.1, 0.15) is 6.04 Å². The van der Waals surface area contributed by atoms with E-state index in [1.165, 1.54) is 7.11 Å². The summed E-state index contributed by atoms with van der Waals surface area (Å²) in [5.41, 5.74) is 1.63. The molecule has 1 aromatic carbocycles. The van der Waals surface area contributed by atoms with Gasteiger partial charge in [-0.1, -0.05) is 30.3 Å².